The van der Waals surface area contributed by atoms with Gasteiger partial charge in [-0.25, -0.2) is 0 Å². The van der Waals surface area contributed by atoms with Crippen molar-refractivity contribution < 1.29 is 0 Å². The highest BCUT2D eigenvalue weighted by atomic mass is 32.1. The Bertz CT molecular complexity index is 265. The highest BCUT2D eigenvalue weighted by Crippen LogP contribution is 2.25. The van der Waals surface area contributed by atoms with E-state index in [4.69, 9.17) is 0 Å². The summed E-state index contributed by atoms with van der Waals surface area (Å²) in [5.74, 6) is 0. The molecule has 0 saturated heterocycles. The molecule has 72 valence electrons. The summed E-state index contributed by atoms with van der Waals surface area (Å²) in [6.07, 6.45) is 4.10. The molecular weight excluding hydrogens is 178 g/mol. The standard InChI is InChI=1S/C11H17NS/c1-4-6-10(12-3)11-8-7-9(5-2)13-11/h4,7-8,10,12H,1,5-6H2,2-3H3. The van der Waals surface area contributed by atoms with Gasteiger partial charge in [-0.1, -0.05) is 13.0 Å². The molecule has 13 heavy (non-hydrogen) atoms. The number of aryl methyl sites for hydroxylation is 1. The molecule has 0 bridgehead atoms. The normalized spacial score (nSPS) is 12.8. The van der Waals surface area contributed by atoms with E-state index in [1.54, 1.807) is 0 Å². The third-order valence-electron chi connectivity index (χ3n) is 2.13. The van der Waals surface area contributed by atoms with Crippen LogP contribution in [0.2, 0.25) is 0 Å². The van der Waals surface area contributed by atoms with Crippen molar-refractivity contribution in [3.8, 4) is 0 Å². The van der Waals surface area contributed by atoms with Crippen LogP contribution in [0.4, 0.5) is 0 Å². The second-order valence-electron chi connectivity index (χ2n) is 3.02. The van der Waals surface area contributed by atoms with Crippen molar-refractivity contribution in [1.82, 2.24) is 5.32 Å². The van der Waals surface area contributed by atoms with Gasteiger partial charge in [-0.15, -0.1) is 17.9 Å². The van der Waals surface area contributed by atoms with Gasteiger partial charge in [0.2, 0.25) is 0 Å². The van der Waals surface area contributed by atoms with E-state index >= 15 is 0 Å². The zero-order chi connectivity index (χ0) is 9.68. The van der Waals surface area contributed by atoms with Crippen molar-refractivity contribution in [2.45, 2.75) is 25.8 Å². The number of rotatable bonds is 5. The molecule has 1 unspecified atom stereocenters. The molecule has 0 amide bonds. The fourth-order valence-electron chi connectivity index (χ4n) is 1.31. The number of thiophene rings is 1. The molecule has 1 nitrogen and oxygen atoms in total. The van der Waals surface area contributed by atoms with E-state index in [9.17, 15) is 0 Å². The summed E-state index contributed by atoms with van der Waals surface area (Å²) in [6.45, 7) is 5.96. The van der Waals surface area contributed by atoms with Crippen molar-refractivity contribution in [3.63, 3.8) is 0 Å². The van der Waals surface area contributed by atoms with Crippen molar-refractivity contribution in [2.24, 2.45) is 0 Å². The van der Waals surface area contributed by atoms with E-state index in [2.05, 4.69) is 31.0 Å². The van der Waals surface area contributed by atoms with Crippen molar-refractivity contribution in [3.05, 3.63) is 34.5 Å². The number of nitrogens with one attached hydrogen (secondary N) is 1. The van der Waals surface area contributed by atoms with E-state index < -0.39 is 0 Å². The minimum absolute atomic E-state index is 0.447. The summed E-state index contributed by atoms with van der Waals surface area (Å²) in [4.78, 5) is 2.87. The smallest absolute Gasteiger partial charge is 0.0447 e. The lowest BCUT2D eigenvalue weighted by Crippen LogP contribution is -2.13. The molecule has 1 rings (SSSR count). The fraction of sp³-hybridized carbons (Fsp3) is 0.455. The lowest BCUT2D eigenvalue weighted by Gasteiger charge is -2.11. The molecule has 1 aromatic rings. The average Bonchev–Trinajstić information content (AvgIpc) is 2.62. The maximum absolute atomic E-state index is 3.77. The van der Waals surface area contributed by atoms with Crippen LogP contribution in [0.15, 0.2) is 24.8 Å². The van der Waals surface area contributed by atoms with Gasteiger partial charge in [-0.3, -0.25) is 0 Å². The molecular formula is C11H17NS. The van der Waals surface area contributed by atoms with Crippen molar-refractivity contribution in [2.75, 3.05) is 7.05 Å². The third kappa shape index (κ3) is 2.68. The van der Waals surface area contributed by atoms with Crippen LogP contribution in [0, 0.1) is 0 Å². The molecule has 0 fully saturated rings. The van der Waals surface area contributed by atoms with Gasteiger partial charge in [-0.2, -0.15) is 0 Å². The molecule has 1 N–H and O–H groups in total. The summed E-state index contributed by atoms with van der Waals surface area (Å²) >= 11 is 1.90. The molecule has 2 heteroatoms. The molecule has 0 aromatic carbocycles. The zero-order valence-electron chi connectivity index (χ0n) is 8.34. The monoisotopic (exact) mass is 195 g/mol. The van der Waals surface area contributed by atoms with Gasteiger partial charge in [0, 0.05) is 15.8 Å². The second-order valence-corrected chi connectivity index (χ2v) is 4.22. The van der Waals surface area contributed by atoms with Crippen LogP contribution in [0.25, 0.3) is 0 Å². The molecule has 0 spiro atoms. The number of hydrogen-bond acceptors (Lipinski definition) is 2. The van der Waals surface area contributed by atoms with Crippen molar-refractivity contribution in [1.29, 1.82) is 0 Å². The van der Waals surface area contributed by atoms with Gasteiger partial charge in [0.15, 0.2) is 0 Å². The minimum atomic E-state index is 0.447. The van der Waals surface area contributed by atoms with Crippen molar-refractivity contribution >= 4 is 11.3 Å². The zero-order valence-corrected chi connectivity index (χ0v) is 9.16. The first kappa shape index (κ1) is 10.5. The molecule has 0 aliphatic heterocycles. The van der Waals surface area contributed by atoms with Gasteiger partial charge in [0.05, 0.1) is 0 Å². The Labute approximate surface area is 84.5 Å². The lowest BCUT2D eigenvalue weighted by molar-refractivity contribution is 0.614. The van der Waals surface area contributed by atoms with E-state index in [0.29, 0.717) is 6.04 Å². The fourth-order valence-corrected chi connectivity index (χ4v) is 2.39. The quantitative estimate of drug-likeness (QED) is 0.712. The first-order valence-corrected chi connectivity index (χ1v) is 5.50. The Balaban J connectivity index is 2.72. The van der Waals surface area contributed by atoms with Gasteiger partial charge in [0.25, 0.3) is 0 Å². The predicted molar refractivity (Wildman–Crippen MR) is 60.3 cm³/mol. The molecule has 1 aromatic heterocycles. The predicted octanol–water partition coefficient (Wildman–Crippen LogP) is 3.15. The Kier molecular flexibility index (Phi) is 4.19. The Hall–Kier alpha value is -0.600. The van der Waals surface area contributed by atoms with E-state index in [1.807, 2.05) is 24.5 Å². The third-order valence-corrected chi connectivity index (χ3v) is 3.47. The minimum Gasteiger partial charge on any atom is -0.312 e. The van der Waals surface area contributed by atoms with Crippen LogP contribution >= 0.6 is 11.3 Å². The SMILES string of the molecule is C=CCC(NC)c1ccc(CC)s1. The maximum Gasteiger partial charge on any atom is 0.0447 e. The summed E-state index contributed by atoms with van der Waals surface area (Å²) < 4.78 is 0. The summed E-state index contributed by atoms with van der Waals surface area (Å²) in [5.41, 5.74) is 0. The van der Waals surface area contributed by atoms with Crippen LogP contribution in [0.1, 0.15) is 29.1 Å². The average molecular weight is 195 g/mol. The summed E-state index contributed by atoms with van der Waals surface area (Å²) in [5, 5.41) is 3.30. The molecule has 1 heterocycles. The molecule has 0 aliphatic carbocycles. The van der Waals surface area contributed by atoms with Crippen LogP contribution in [0.3, 0.4) is 0 Å². The maximum atomic E-state index is 3.77. The van der Waals surface area contributed by atoms with Gasteiger partial charge < -0.3 is 5.32 Å². The number of hydrogen-bond donors (Lipinski definition) is 1. The van der Waals surface area contributed by atoms with E-state index in [-0.39, 0.29) is 0 Å². The van der Waals surface area contributed by atoms with Gasteiger partial charge in [-0.05, 0) is 32.0 Å². The van der Waals surface area contributed by atoms with E-state index in [1.165, 1.54) is 9.75 Å². The van der Waals surface area contributed by atoms with Crippen LogP contribution < -0.4 is 5.32 Å². The molecule has 0 saturated carbocycles. The van der Waals surface area contributed by atoms with Crippen LogP contribution in [0.5, 0.6) is 0 Å². The highest BCUT2D eigenvalue weighted by molar-refractivity contribution is 7.12. The van der Waals surface area contributed by atoms with Gasteiger partial charge >= 0.3 is 0 Å². The van der Waals surface area contributed by atoms with Gasteiger partial charge in [0.1, 0.15) is 0 Å². The molecule has 0 radical (unpaired) electrons. The molecule has 0 aliphatic rings. The Morgan fingerprint density at radius 3 is 2.85 bits per heavy atom. The van der Waals surface area contributed by atoms with Crippen LogP contribution in [-0.4, -0.2) is 7.05 Å². The van der Waals surface area contributed by atoms with Crippen LogP contribution in [-0.2, 0) is 6.42 Å². The summed E-state index contributed by atoms with van der Waals surface area (Å²) in [7, 11) is 2.00. The lowest BCUT2D eigenvalue weighted by atomic mass is 10.2. The second kappa shape index (κ2) is 5.20. The first-order chi connectivity index (χ1) is 6.31. The topological polar surface area (TPSA) is 12.0 Å². The molecule has 1 atom stereocenters. The van der Waals surface area contributed by atoms with E-state index in [0.717, 1.165) is 12.8 Å². The first-order valence-electron chi connectivity index (χ1n) is 4.68. The Morgan fingerprint density at radius 1 is 1.62 bits per heavy atom. The Morgan fingerprint density at radius 2 is 2.38 bits per heavy atom. The largest absolute Gasteiger partial charge is 0.312 e. The summed E-state index contributed by atoms with van der Waals surface area (Å²) in [6, 6.07) is 4.88. The highest BCUT2D eigenvalue weighted by Gasteiger charge is 2.08.